The zero-order chi connectivity index (χ0) is 27.9. The van der Waals surface area contributed by atoms with Crippen molar-refractivity contribution in [3.8, 4) is 11.1 Å². The summed E-state index contributed by atoms with van der Waals surface area (Å²) in [7, 11) is 0. The summed E-state index contributed by atoms with van der Waals surface area (Å²) in [5, 5.41) is 9.84. The number of benzene rings is 2. The van der Waals surface area contributed by atoms with Crippen LogP contribution in [0.15, 0.2) is 42.5 Å². The molecule has 1 aliphatic carbocycles. The predicted molar refractivity (Wildman–Crippen MR) is 157 cm³/mol. The Morgan fingerprint density at radius 2 is 1.73 bits per heavy atom. The Balaban J connectivity index is 1.33. The van der Waals surface area contributed by atoms with E-state index in [0.717, 1.165) is 71.9 Å². The van der Waals surface area contributed by atoms with Gasteiger partial charge in [0.2, 0.25) is 0 Å². The molecule has 3 heterocycles. The maximum absolute atomic E-state index is 14.3. The first-order chi connectivity index (χ1) is 19.3. The van der Waals surface area contributed by atoms with Gasteiger partial charge in [-0.05, 0) is 74.1 Å². The first-order valence-electron chi connectivity index (χ1n) is 14.9. The van der Waals surface area contributed by atoms with Crippen molar-refractivity contribution in [3.05, 3.63) is 81.9 Å². The highest BCUT2D eigenvalue weighted by Crippen LogP contribution is 2.48. The number of fused-ring (bicyclic) bond motifs is 1. The third kappa shape index (κ3) is 5.26. The molecule has 6 rings (SSSR count). The second-order valence-electron chi connectivity index (χ2n) is 12.3. The van der Waals surface area contributed by atoms with Gasteiger partial charge >= 0.3 is 5.97 Å². The number of hydrogen-bond donors (Lipinski definition) is 1. The highest BCUT2D eigenvalue weighted by Gasteiger charge is 2.38. The van der Waals surface area contributed by atoms with Gasteiger partial charge in [-0.15, -0.1) is 0 Å². The minimum atomic E-state index is -0.814. The van der Waals surface area contributed by atoms with Crippen LogP contribution in [0.25, 0.3) is 11.1 Å². The second kappa shape index (κ2) is 11.0. The molecule has 3 aromatic rings. The molecule has 0 radical (unpaired) electrons. The summed E-state index contributed by atoms with van der Waals surface area (Å²) in [5.41, 5.74) is 9.73. The van der Waals surface area contributed by atoms with E-state index in [4.69, 9.17) is 4.98 Å². The van der Waals surface area contributed by atoms with Crippen LogP contribution >= 0.6 is 0 Å². The lowest BCUT2D eigenvalue weighted by Gasteiger charge is -2.42. The quantitative estimate of drug-likeness (QED) is 0.370. The molecule has 0 amide bonds. The Morgan fingerprint density at radius 3 is 2.45 bits per heavy atom. The Labute approximate surface area is 237 Å². The van der Waals surface area contributed by atoms with Crippen LogP contribution in [-0.2, 0) is 30.7 Å². The van der Waals surface area contributed by atoms with Gasteiger partial charge in [0.25, 0.3) is 0 Å². The third-order valence-electron chi connectivity index (χ3n) is 9.73. The molecule has 2 aromatic carbocycles. The maximum atomic E-state index is 14.3. The normalized spacial score (nSPS) is 18.7. The van der Waals surface area contributed by atoms with Gasteiger partial charge in [0.1, 0.15) is 5.82 Å². The van der Waals surface area contributed by atoms with E-state index in [2.05, 4.69) is 34.9 Å². The monoisotopic (exact) mass is 541 g/mol. The lowest BCUT2D eigenvalue weighted by molar-refractivity contribution is -0.136. The van der Waals surface area contributed by atoms with Crippen molar-refractivity contribution in [1.29, 1.82) is 0 Å². The first kappa shape index (κ1) is 26.9. The zero-order valence-electron chi connectivity index (χ0n) is 23.8. The number of aliphatic carboxylic acids is 1. The van der Waals surface area contributed by atoms with Gasteiger partial charge < -0.3 is 10.0 Å². The fraction of sp³-hybridized carbons (Fsp3) is 0.471. The van der Waals surface area contributed by atoms with Crippen molar-refractivity contribution in [1.82, 2.24) is 9.88 Å². The minimum absolute atomic E-state index is 0.0148. The summed E-state index contributed by atoms with van der Waals surface area (Å²) in [5.74, 6) is -0.960. The number of hydrogen-bond acceptors (Lipinski definition) is 4. The molecule has 0 unspecified atom stereocenters. The molecule has 3 aliphatic rings. The van der Waals surface area contributed by atoms with Crippen LogP contribution in [0.5, 0.6) is 0 Å². The van der Waals surface area contributed by atoms with Crippen molar-refractivity contribution >= 4 is 11.7 Å². The van der Waals surface area contributed by atoms with E-state index >= 15 is 0 Å². The van der Waals surface area contributed by atoms with Crippen LogP contribution in [0.3, 0.4) is 0 Å². The number of pyridine rings is 1. The van der Waals surface area contributed by atoms with Crippen LogP contribution in [-0.4, -0.2) is 40.6 Å². The average Bonchev–Trinajstić information content (AvgIpc) is 3.39. The van der Waals surface area contributed by atoms with Gasteiger partial charge in [-0.1, -0.05) is 49.2 Å². The molecule has 1 spiro atoms. The van der Waals surface area contributed by atoms with Gasteiger partial charge in [-0.25, -0.2) is 4.39 Å². The lowest BCUT2D eigenvalue weighted by Crippen LogP contribution is -2.40. The largest absolute Gasteiger partial charge is 0.481 e. The standard InChI is InChI=1S/C34H40FN3O2/c1-23-29(20-31(39)40)33(38-17-14-34(15-18-38)12-5-6-13-34)32(24(2)36-23)26-9-10-27-21-37(16-11-25(27)19-26)22-28-7-3-4-8-30(28)35/h3-4,7-10,19H,5-6,11-18,20-22H2,1-2H3,(H,39,40). The number of aryl methyl sites for hydroxylation is 2. The van der Waals surface area contributed by atoms with Crippen molar-refractivity contribution < 1.29 is 14.3 Å². The number of rotatable bonds is 6. The molecule has 40 heavy (non-hydrogen) atoms. The molecule has 0 bridgehead atoms. The molecule has 1 N–H and O–H groups in total. The lowest BCUT2D eigenvalue weighted by atomic mass is 9.76. The summed E-state index contributed by atoms with van der Waals surface area (Å²) >= 11 is 0. The summed E-state index contributed by atoms with van der Waals surface area (Å²) in [6, 6.07) is 13.7. The number of nitrogens with zero attached hydrogens (tertiary/aromatic N) is 3. The van der Waals surface area contributed by atoms with E-state index in [1.54, 1.807) is 6.07 Å². The SMILES string of the molecule is Cc1nc(C)c(-c2ccc3c(c2)CCN(Cc2ccccc2F)C3)c(N2CCC3(CCCC3)CC2)c1CC(=O)O. The van der Waals surface area contributed by atoms with Gasteiger partial charge in [0, 0.05) is 60.8 Å². The molecule has 1 saturated heterocycles. The van der Waals surface area contributed by atoms with Gasteiger partial charge in [0.05, 0.1) is 12.1 Å². The molecule has 5 nitrogen and oxygen atoms in total. The second-order valence-corrected chi connectivity index (χ2v) is 12.3. The molecule has 210 valence electrons. The number of piperidine rings is 1. The Hall–Kier alpha value is -3.25. The minimum Gasteiger partial charge on any atom is -0.481 e. The number of carbonyl (C=O) groups is 1. The van der Waals surface area contributed by atoms with Crippen LogP contribution in [0, 0.1) is 25.1 Å². The topological polar surface area (TPSA) is 56.7 Å². The van der Waals surface area contributed by atoms with Gasteiger partial charge in [-0.3, -0.25) is 14.7 Å². The van der Waals surface area contributed by atoms with Gasteiger partial charge in [-0.2, -0.15) is 0 Å². The number of halogens is 1. The van der Waals surface area contributed by atoms with Crippen molar-refractivity contribution in [3.63, 3.8) is 0 Å². The number of carboxylic acids is 1. The zero-order valence-corrected chi connectivity index (χ0v) is 23.8. The third-order valence-corrected chi connectivity index (χ3v) is 9.73. The summed E-state index contributed by atoms with van der Waals surface area (Å²) in [6.07, 6.45) is 8.61. The number of anilines is 1. The average molecular weight is 542 g/mol. The van der Waals surface area contributed by atoms with Crippen molar-refractivity contribution in [2.24, 2.45) is 5.41 Å². The number of aromatic nitrogens is 1. The van der Waals surface area contributed by atoms with E-state index in [1.165, 1.54) is 55.7 Å². The molecule has 1 saturated carbocycles. The smallest absolute Gasteiger partial charge is 0.307 e. The Bertz CT molecular complexity index is 1420. The highest BCUT2D eigenvalue weighted by molar-refractivity contribution is 5.86. The van der Waals surface area contributed by atoms with Crippen LogP contribution in [0.1, 0.15) is 72.2 Å². The van der Waals surface area contributed by atoms with Gasteiger partial charge in [0.15, 0.2) is 0 Å². The fourth-order valence-electron chi connectivity index (χ4n) is 7.53. The van der Waals surface area contributed by atoms with E-state index in [1.807, 2.05) is 19.1 Å². The molecule has 2 fully saturated rings. The molecular formula is C34H40FN3O2. The van der Waals surface area contributed by atoms with Crippen LogP contribution in [0.2, 0.25) is 0 Å². The molecule has 1 aromatic heterocycles. The first-order valence-corrected chi connectivity index (χ1v) is 14.9. The highest BCUT2D eigenvalue weighted by atomic mass is 19.1. The molecule has 2 aliphatic heterocycles. The maximum Gasteiger partial charge on any atom is 0.307 e. The van der Waals surface area contributed by atoms with Crippen molar-refractivity contribution in [2.45, 2.75) is 78.3 Å². The van der Waals surface area contributed by atoms with E-state index < -0.39 is 5.97 Å². The molecular weight excluding hydrogens is 501 g/mol. The molecule has 6 heteroatoms. The van der Waals surface area contributed by atoms with E-state index in [-0.39, 0.29) is 12.2 Å². The summed E-state index contributed by atoms with van der Waals surface area (Å²) < 4.78 is 14.3. The van der Waals surface area contributed by atoms with Crippen LogP contribution < -0.4 is 4.90 Å². The fourth-order valence-corrected chi connectivity index (χ4v) is 7.53. The van der Waals surface area contributed by atoms with E-state index in [9.17, 15) is 14.3 Å². The summed E-state index contributed by atoms with van der Waals surface area (Å²) in [4.78, 5) is 21.6. The van der Waals surface area contributed by atoms with Crippen LogP contribution in [0.4, 0.5) is 10.1 Å². The molecule has 0 atom stereocenters. The summed E-state index contributed by atoms with van der Waals surface area (Å²) in [6.45, 7) is 8.24. The predicted octanol–water partition coefficient (Wildman–Crippen LogP) is 6.85. The number of carboxylic acid groups (broad SMARTS) is 1. The Kier molecular flexibility index (Phi) is 7.39. The van der Waals surface area contributed by atoms with E-state index in [0.29, 0.717) is 12.0 Å². The van der Waals surface area contributed by atoms with Crippen molar-refractivity contribution in [2.75, 3.05) is 24.5 Å². The Morgan fingerprint density at radius 1 is 0.975 bits per heavy atom.